The maximum atomic E-state index is 11.9. The van der Waals surface area contributed by atoms with Crippen LogP contribution in [0.3, 0.4) is 0 Å². The van der Waals surface area contributed by atoms with Crippen LogP contribution in [0, 0.1) is 0 Å². The van der Waals surface area contributed by atoms with Gasteiger partial charge in [-0.2, -0.15) is 0 Å². The molecule has 3 amide bonds. The number of hydrogen-bond donors (Lipinski definition) is 2. The summed E-state index contributed by atoms with van der Waals surface area (Å²) in [6.07, 6.45) is -1.02. The van der Waals surface area contributed by atoms with E-state index in [2.05, 4.69) is 5.32 Å². The molecule has 1 aliphatic rings. The van der Waals surface area contributed by atoms with Crippen LogP contribution in [0.4, 0.5) is 4.79 Å². The number of carbonyl (C=O) groups is 4. The number of ether oxygens (including phenoxy) is 1. The monoisotopic (exact) mass is 286 g/mol. The Hall–Kier alpha value is -2.12. The van der Waals surface area contributed by atoms with Gasteiger partial charge in [-0.15, -0.1) is 0 Å². The number of aliphatic carboxylic acids is 1. The van der Waals surface area contributed by atoms with Gasteiger partial charge in [0, 0.05) is 0 Å². The predicted octanol–water partition coefficient (Wildman–Crippen LogP) is 0.112. The molecule has 2 N–H and O–H groups in total. The normalized spacial score (nSPS) is 19.9. The van der Waals surface area contributed by atoms with Gasteiger partial charge in [-0.1, -0.05) is 0 Å². The van der Waals surface area contributed by atoms with Gasteiger partial charge in [-0.3, -0.25) is 14.5 Å². The quantitative estimate of drug-likeness (QED) is 0.712. The topological polar surface area (TPSA) is 113 Å². The minimum Gasteiger partial charge on any atom is -0.480 e. The molecular weight excluding hydrogens is 268 g/mol. The van der Waals surface area contributed by atoms with Crippen molar-refractivity contribution in [2.24, 2.45) is 0 Å². The van der Waals surface area contributed by atoms with Crippen LogP contribution in [0.1, 0.15) is 34.1 Å². The summed E-state index contributed by atoms with van der Waals surface area (Å²) in [5, 5.41) is 11.1. The Morgan fingerprint density at radius 2 is 1.95 bits per heavy atom. The second-order valence-corrected chi connectivity index (χ2v) is 5.53. The van der Waals surface area contributed by atoms with Gasteiger partial charge in [0.1, 0.15) is 17.7 Å². The molecule has 1 aliphatic heterocycles. The van der Waals surface area contributed by atoms with Crippen molar-refractivity contribution in [2.45, 2.75) is 51.8 Å². The van der Waals surface area contributed by atoms with Crippen LogP contribution in [-0.2, 0) is 19.1 Å². The number of carboxylic acid groups (broad SMARTS) is 1. The highest BCUT2D eigenvalue weighted by Crippen LogP contribution is 2.20. The Morgan fingerprint density at radius 1 is 1.40 bits per heavy atom. The van der Waals surface area contributed by atoms with Crippen LogP contribution in [0.5, 0.6) is 0 Å². The Bertz CT molecular complexity index is 453. The van der Waals surface area contributed by atoms with Gasteiger partial charge in [0.2, 0.25) is 5.91 Å². The van der Waals surface area contributed by atoms with E-state index in [1.165, 1.54) is 6.92 Å². The molecule has 0 aromatic heterocycles. The molecule has 1 saturated heterocycles. The van der Waals surface area contributed by atoms with E-state index < -0.39 is 41.6 Å². The molecule has 0 spiro atoms. The Balaban J connectivity index is 2.61. The van der Waals surface area contributed by atoms with E-state index in [0.717, 1.165) is 0 Å². The van der Waals surface area contributed by atoms with Crippen molar-refractivity contribution >= 4 is 23.9 Å². The van der Waals surface area contributed by atoms with Crippen LogP contribution >= 0.6 is 0 Å². The second kappa shape index (κ2) is 5.48. The molecule has 0 saturated carbocycles. The number of amides is 3. The Morgan fingerprint density at radius 3 is 2.35 bits per heavy atom. The van der Waals surface area contributed by atoms with E-state index >= 15 is 0 Å². The molecule has 0 radical (unpaired) electrons. The molecular formula is C12H18N2O6. The lowest BCUT2D eigenvalue weighted by Gasteiger charge is -2.37. The fourth-order valence-electron chi connectivity index (χ4n) is 1.65. The molecule has 0 aromatic rings. The Labute approximate surface area is 116 Å². The SMILES string of the molecule is C[C@H](NC(=O)OC(C)(C)C)C(=O)N1C(=O)C[C@H]1C(=O)O. The molecule has 8 nitrogen and oxygen atoms in total. The number of nitrogens with zero attached hydrogens (tertiary/aromatic N) is 1. The molecule has 0 aliphatic carbocycles. The van der Waals surface area contributed by atoms with Gasteiger partial charge >= 0.3 is 12.1 Å². The van der Waals surface area contributed by atoms with Crippen LogP contribution in [0.25, 0.3) is 0 Å². The molecule has 8 heteroatoms. The number of carbonyl (C=O) groups excluding carboxylic acids is 3. The summed E-state index contributed by atoms with van der Waals surface area (Å²) in [4.78, 5) is 46.2. The number of β-lactam (4-membered cyclic amide) rings is 1. The van der Waals surface area contributed by atoms with E-state index in [1.54, 1.807) is 20.8 Å². The van der Waals surface area contributed by atoms with Crippen LogP contribution < -0.4 is 5.32 Å². The average Bonchev–Trinajstić information content (AvgIpc) is 2.22. The minimum atomic E-state index is -1.25. The third-order valence-electron chi connectivity index (χ3n) is 2.57. The fourth-order valence-corrected chi connectivity index (χ4v) is 1.65. The number of likely N-dealkylation sites (tertiary alicyclic amines) is 1. The van der Waals surface area contributed by atoms with Crippen molar-refractivity contribution in [3.05, 3.63) is 0 Å². The van der Waals surface area contributed by atoms with E-state index in [1.807, 2.05) is 0 Å². The van der Waals surface area contributed by atoms with Crippen molar-refractivity contribution in [3.8, 4) is 0 Å². The smallest absolute Gasteiger partial charge is 0.408 e. The van der Waals surface area contributed by atoms with Gasteiger partial charge < -0.3 is 15.2 Å². The zero-order valence-electron chi connectivity index (χ0n) is 11.8. The van der Waals surface area contributed by atoms with Crippen LogP contribution in [0.15, 0.2) is 0 Å². The molecule has 0 aromatic carbocycles. The van der Waals surface area contributed by atoms with Gasteiger partial charge in [-0.05, 0) is 27.7 Å². The summed E-state index contributed by atoms with van der Waals surface area (Å²) in [6.45, 7) is 6.35. The molecule has 1 rings (SSSR count). The van der Waals surface area contributed by atoms with Crippen molar-refractivity contribution in [1.82, 2.24) is 10.2 Å². The maximum Gasteiger partial charge on any atom is 0.408 e. The lowest BCUT2D eigenvalue weighted by atomic mass is 10.0. The van der Waals surface area contributed by atoms with E-state index in [-0.39, 0.29) is 6.42 Å². The summed E-state index contributed by atoms with van der Waals surface area (Å²) < 4.78 is 4.97. The molecule has 112 valence electrons. The number of alkyl carbamates (subject to hydrolysis) is 1. The number of nitrogens with one attached hydrogen (secondary N) is 1. The van der Waals surface area contributed by atoms with Gasteiger partial charge in [0.25, 0.3) is 5.91 Å². The van der Waals surface area contributed by atoms with Crippen molar-refractivity contribution in [2.75, 3.05) is 0 Å². The first-order valence-corrected chi connectivity index (χ1v) is 6.11. The zero-order valence-corrected chi connectivity index (χ0v) is 11.8. The predicted molar refractivity (Wildman–Crippen MR) is 66.7 cm³/mol. The van der Waals surface area contributed by atoms with Gasteiger partial charge in [0.15, 0.2) is 0 Å². The highest BCUT2D eigenvalue weighted by molar-refractivity contribution is 6.08. The average molecular weight is 286 g/mol. The van der Waals surface area contributed by atoms with E-state index in [0.29, 0.717) is 4.90 Å². The standard InChI is InChI=1S/C12H18N2O6/c1-6(13-11(19)20-12(2,3)4)9(16)14-7(10(17)18)5-8(14)15/h6-7H,5H2,1-4H3,(H,13,19)(H,17,18)/t6-,7-/m0/s1. The molecule has 20 heavy (non-hydrogen) atoms. The first-order valence-electron chi connectivity index (χ1n) is 6.11. The minimum absolute atomic E-state index is 0.208. The summed E-state index contributed by atoms with van der Waals surface area (Å²) >= 11 is 0. The molecule has 1 fully saturated rings. The summed E-state index contributed by atoms with van der Waals surface area (Å²) in [5.41, 5.74) is -0.719. The number of imide groups is 1. The number of carboxylic acids is 1. The van der Waals surface area contributed by atoms with E-state index in [4.69, 9.17) is 9.84 Å². The third kappa shape index (κ3) is 3.69. The van der Waals surface area contributed by atoms with Crippen molar-refractivity contribution in [1.29, 1.82) is 0 Å². The highest BCUT2D eigenvalue weighted by atomic mass is 16.6. The molecule has 1 heterocycles. The van der Waals surface area contributed by atoms with E-state index in [9.17, 15) is 19.2 Å². The second-order valence-electron chi connectivity index (χ2n) is 5.53. The third-order valence-corrected chi connectivity index (χ3v) is 2.57. The number of hydrogen-bond acceptors (Lipinski definition) is 5. The lowest BCUT2D eigenvalue weighted by molar-refractivity contribution is -0.169. The molecule has 2 atom stereocenters. The summed E-state index contributed by atoms with van der Waals surface area (Å²) in [7, 11) is 0. The first kappa shape index (κ1) is 15.9. The summed E-state index contributed by atoms with van der Waals surface area (Å²) in [5.74, 6) is -2.58. The van der Waals surface area contributed by atoms with Crippen LogP contribution in [0.2, 0.25) is 0 Å². The largest absolute Gasteiger partial charge is 0.480 e. The van der Waals surface area contributed by atoms with Crippen LogP contribution in [-0.4, -0.2) is 51.6 Å². The lowest BCUT2D eigenvalue weighted by Crippen LogP contribution is -2.63. The zero-order chi connectivity index (χ0) is 15.7. The maximum absolute atomic E-state index is 11.9. The fraction of sp³-hybridized carbons (Fsp3) is 0.667. The van der Waals surface area contributed by atoms with Gasteiger partial charge in [-0.25, -0.2) is 9.59 Å². The van der Waals surface area contributed by atoms with Gasteiger partial charge in [0.05, 0.1) is 6.42 Å². The van der Waals surface area contributed by atoms with Crippen molar-refractivity contribution in [3.63, 3.8) is 0 Å². The first-order chi connectivity index (χ1) is 9.03. The molecule has 0 unspecified atom stereocenters. The highest BCUT2D eigenvalue weighted by Gasteiger charge is 2.46. The van der Waals surface area contributed by atoms with Crippen molar-refractivity contribution < 1.29 is 29.0 Å². The Kier molecular flexibility index (Phi) is 4.36. The molecule has 0 bridgehead atoms. The summed E-state index contributed by atoms with van der Waals surface area (Å²) in [6, 6.07) is -2.20. The number of rotatable bonds is 3.